The van der Waals surface area contributed by atoms with E-state index in [-0.39, 0.29) is 23.6 Å². The van der Waals surface area contributed by atoms with Gasteiger partial charge in [-0.25, -0.2) is 9.37 Å². The number of thioether (sulfide) groups is 1. The second kappa shape index (κ2) is 9.24. The Hall–Kier alpha value is -2.64. The molecule has 1 fully saturated rings. The van der Waals surface area contributed by atoms with Crippen LogP contribution < -0.4 is 5.32 Å². The zero-order chi connectivity index (χ0) is 20.1. The van der Waals surface area contributed by atoms with Gasteiger partial charge in [-0.15, -0.1) is 0 Å². The summed E-state index contributed by atoms with van der Waals surface area (Å²) in [6.45, 7) is 1.32. The van der Waals surface area contributed by atoms with Gasteiger partial charge < -0.3 is 15.0 Å². The summed E-state index contributed by atoms with van der Waals surface area (Å²) in [7, 11) is 0. The lowest BCUT2D eigenvalue weighted by Gasteiger charge is -2.10. The van der Waals surface area contributed by atoms with Gasteiger partial charge in [0.2, 0.25) is 5.91 Å². The van der Waals surface area contributed by atoms with E-state index in [1.54, 1.807) is 12.1 Å². The van der Waals surface area contributed by atoms with Gasteiger partial charge in [0.15, 0.2) is 0 Å². The third-order valence-electron chi connectivity index (χ3n) is 4.74. The van der Waals surface area contributed by atoms with Crippen LogP contribution in [0.5, 0.6) is 0 Å². The van der Waals surface area contributed by atoms with Crippen molar-refractivity contribution in [2.45, 2.75) is 24.0 Å². The molecule has 1 saturated heterocycles. The molecule has 0 saturated carbocycles. The molecule has 7 heteroatoms. The number of carbonyl (C=O) groups excluding carboxylic acids is 1. The maximum absolute atomic E-state index is 13.3. The fraction of sp³-hybridized carbons (Fsp3) is 0.273. The molecular formula is C22H22FN3O2S. The van der Waals surface area contributed by atoms with Gasteiger partial charge in [-0.2, -0.15) is 0 Å². The molecule has 5 nitrogen and oxygen atoms in total. The van der Waals surface area contributed by atoms with Crippen molar-refractivity contribution < 1.29 is 13.9 Å². The summed E-state index contributed by atoms with van der Waals surface area (Å²) in [6.07, 6.45) is 2.17. The number of amides is 1. The van der Waals surface area contributed by atoms with E-state index in [1.807, 2.05) is 30.3 Å². The van der Waals surface area contributed by atoms with E-state index in [9.17, 15) is 9.18 Å². The molecule has 2 aromatic carbocycles. The first-order valence-corrected chi connectivity index (χ1v) is 10.6. The maximum atomic E-state index is 13.3. The van der Waals surface area contributed by atoms with Crippen LogP contribution in [-0.2, 0) is 9.53 Å². The van der Waals surface area contributed by atoms with Crippen molar-refractivity contribution in [3.05, 3.63) is 60.4 Å². The minimum Gasteiger partial charge on any atom is -0.376 e. The van der Waals surface area contributed by atoms with Crippen molar-refractivity contribution in [1.29, 1.82) is 0 Å². The highest BCUT2D eigenvalue weighted by Crippen LogP contribution is 2.32. The van der Waals surface area contributed by atoms with Crippen LogP contribution in [0.3, 0.4) is 0 Å². The minimum absolute atomic E-state index is 0.0455. The summed E-state index contributed by atoms with van der Waals surface area (Å²) >= 11 is 1.38. The standard InChI is InChI=1S/C22H22FN3O2S/c23-17-10-8-16(9-11-17)21-25-20(15-5-2-1-3-6-15)22(26-21)29-14-19(27)24-13-18-7-4-12-28-18/h1-3,5-6,8-11,18H,4,7,12-14H2,(H,24,27)(H,25,26)/t18-/m0/s1. The summed E-state index contributed by atoms with van der Waals surface area (Å²) < 4.78 is 18.8. The predicted octanol–water partition coefficient (Wildman–Crippen LogP) is 4.27. The number of imidazole rings is 1. The number of ether oxygens (including phenoxy) is 1. The van der Waals surface area contributed by atoms with Crippen molar-refractivity contribution in [1.82, 2.24) is 15.3 Å². The number of aromatic nitrogens is 2. The van der Waals surface area contributed by atoms with Gasteiger partial charge in [-0.05, 0) is 37.1 Å². The number of H-pyrrole nitrogens is 1. The molecule has 1 amide bonds. The highest BCUT2D eigenvalue weighted by molar-refractivity contribution is 8.00. The molecule has 0 bridgehead atoms. The van der Waals surface area contributed by atoms with Crippen molar-refractivity contribution >= 4 is 17.7 Å². The van der Waals surface area contributed by atoms with E-state index in [0.717, 1.165) is 41.3 Å². The van der Waals surface area contributed by atoms with Crippen molar-refractivity contribution in [3.8, 4) is 22.6 Å². The van der Waals surface area contributed by atoms with Gasteiger partial charge in [-0.3, -0.25) is 4.79 Å². The summed E-state index contributed by atoms with van der Waals surface area (Å²) in [5.74, 6) is 0.573. The second-order valence-electron chi connectivity index (χ2n) is 6.87. The summed E-state index contributed by atoms with van der Waals surface area (Å²) in [6, 6.07) is 16.0. The maximum Gasteiger partial charge on any atom is 0.230 e. The zero-order valence-corrected chi connectivity index (χ0v) is 16.7. The summed E-state index contributed by atoms with van der Waals surface area (Å²) in [5, 5.41) is 3.67. The van der Waals surface area contributed by atoms with E-state index in [4.69, 9.17) is 4.74 Å². The quantitative estimate of drug-likeness (QED) is 0.570. The Labute approximate surface area is 173 Å². The molecule has 2 N–H and O–H groups in total. The number of aromatic amines is 1. The van der Waals surface area contributed by atoms with Crippen molar-refractivity contribution in [3.63, 3.8) is 0 Å². The average Bonchev–Trinajstić information content (AvgIpc) is 3.42. The number of rotatable bonds is 7. The van der Waals surface area contributed by atoms with Crippen LogP contribution in [0.4, 0.5) is 4.39 Å². The molecule has 1 atom stereocenters. The lowest BCUT2D eigenvalue weighted by atomic mass is 10.2. The SMILES string of the molecule is O=C(CSc1nc(-c2ccc(F)cc2)[nH]c1-c1ccccc1)NC[C@@H]1CCCO1. The molecular weight excluding hydrogens is 389 g/mol. The topological polar surface area (TPSA) is 67.0 Å². The Morgan fingerprint density at radius 3 is 2.69 bits per heavy atom. The van der Waals surface area contributed by atoms with Gasteiger partial charge in [0, 0.05) is 24.3 Å². The lowest BCUT2D eigenvalue weighted by molar-refractivity contribution is -0.119. The molecule has 1 aliphatic heterocycles. The number of hydrogen-bond acceptors (Lipinski definition) is 4. The van der Waals surface area contributed by atoms with E-state index >= 15 is 0 Å². The van der Waals surface area contributed by atoms with E-state index in [1.165, 1.54) is 23.9 Å². The highest BCUT2D eigenvalue weighted by atomic mass is 32.2. The Morgan fingerprint density at radius 2 is 1.97 bits per heavy atom. The first kappa shape index (κ1) is 19.7. The molecule has 3 aromatic rings. The van der Waals surface area contributed by atoms with Crippen LogP contribution in [0.2, 0.25) is 0 Å². The Bertz CT molecular complexity index is 954. The monoisotopic (exact) mass is 411 g/mol. The third kappa shape index (κ3) is 5.05. The second-order valence-corrected chi connectivity index (χ2v) is 7.83. The number of hydrogen-bond donors (Lipinski definition) is 2. The van der Waals surface area contributed by atoms with E-state index in [0.29, 0.717) is 12.4 Å². The van der Waals surface area contributed by atoms with Crippen LogP contribution in [-0.4, -0.2) is 40.9 Å². The van der Waals surface area contributed by atoms with E-state index < -0.39 is 0 Å². The predicted molar refractivity (Wildman–Crippen MR) is 112 cm³/mol. The first-order chi connectivity index (χ1) is 14.2. The molecule has 1 aromatic heterocycles. The molecule has 150 valence electrons. The number of nitrogens with zero attached hydrogens (tertiary/aromatic N) is 1. The van der Waals surface area contributed by atoms with E-state index in [2.05, 4.69) is 15.3 Å². The molecule has 4 rings (SSSR count). The average molecular weight is 412 g/mol. The molecule has 0 spiro atoms. The highest BCUT2D eigenvalue weighted by Gasteiger charge is 2.18. The molecule has 0 unspecified atom stereocenters. The largest absolute Gasteiger partial charge is 0.376 e. The van der Waals surface area contributed by atoms with Crippen LogP contribution in [0.1, 0.15) is 12.8 Å². The molecule has 2 heterocycles. The van der Waals surface area contributed by atoms with Gasteiger partial charge in [-0.1, -0.05) is 42.1 Å². The van der Waals surface area contributed by atoms with Crippen LogP contribution >= 0.6 is 11.8 Å². The first-order valence-electron chi connectivity index (χ1n) is 9.61. The van der Waals surface area contributed by atoms with Crippen molar-refractivity contribution in [2.75, 3.05) is 18.9 Å². The van der Waals surface area contributed by atoms with Gasteiger partial charge in [0.05, 0.1) is 17.6 Å². The van der Waals surface area contributed by atoms with Crippen LogP contribution in [0, 0.1) is 5.82 Å². The smallest absolute Gasteiger partial charge is 0.230 e. The normalized spacial score (nSPS) is 16.1. The summed E-state index contributed by atoms with van der Waals surface area (Å²) in [4.78, 5) is 20.3. The van der Waals surface area contributed by atoms with Crippen LogP contribution in [0.15, 0.2) is 59.6 Å². The van der Waals surface area contributed by atoms with Gasteiger partial charge in [0.25, 0.3) is 0 Å². The Kier molecular flexibility index (Phi) is 6.27. The third-order valence-corrected chi connectivity index (χ3v) is 5.72. The molecule has 1 aliphatic rings. The lowest BCUT2D eigenvalue weighted by Crippen LogP contribution is -2.32. The Morgan fingerprint density at radius 1 is 1.17 bits per heavy atom. The number of halogens is 1. The molecule has 0 radical (unpaired) electrons. The molecule has 29 heavy (non-hydrogen) atoms. The summed E-state index contributed by atoms with van der Waals surface area (Å²) in [5.41, 5.74) is 2.62. The zero-order valence-electron chi connectivity index (χ0n) is 15.9. The number of carbonyl (C=O) groups is 1. The minimum atomic E-state index is -0.291. The number of benzene rings is 2. The van der Waals surface area contributed by atoms with Crippen molar-refractivity contribution in [2.24, 2.45) is 0 Å². The number of nitrogens with one attached hydrogen (secondary N) is 2. The fourth-order valence-corrected chi connectivity index (χ4v) is 4.06. The van der Waals surface area contributed by atoms with Gasteiger partial charge in [0.1, 0.15) is 16.7 Å². The fourth-order valence-electron chi connectivity index (χ4n) is 3.22. The van der Waals surface area contributed by atoms with Crippen LogP contribution in [0.25, 0.3) is 22.6 Å². The Balaban J connectivity index is 1.49. The van der Waals surface area contributed by atoms with Gasteiger partial charge >= 0.3 is 0 Å². The molecule has 0 aliphatic carbocycles.